The third-order valence-corrected chi connectivity index (χ3v) is 4.88. The summed E-state index contributed by atoms with van der Waals surface area (Å²) in [5, 5.41) is 3.39. The zero-order valence-corrected chi connectivity index (χ0v) is 15.6. The molecule has 0 bridgehead atoms. The third-order valence-electron chi connectivity index (χ3n) is 4.88. The van der Waals surface area contributed by atoms with E-state index in [0.717, 1.165) is 70.0 Å². The van der Waals surface area contributed by atoms with E-state index in [0.29, 0.717) is 6.61 Å². The molecule has 144 valence electrons. The normalized spacial score (nSPS) is 24.1. The van der Waals surface area contributed by atoms with Gasteiger partial charge in [-0.1, -0.05) is 12.1 Å². The van der Waals surface area contributed by atoms with Crippen LogP contribution in [0.5, 0.6) is 0 Å². The number of aryl methyl sites for hydroxylation is 1. The molecular formula is C20H30FN3O2. The Bertz CT molecular complexity index is 590. The van der Waals surface area contributed by atoms with E-state index in [-0.39, 0.29) is 18.0 Å². The summed E-state index contributed by atoms with van der Waals surface area (Å²) in [4.78, 5) is 7.06. The molecule has 2 aliphatic rings. The van der Waals surface area contributed by atoms with E-state index in [2.05, 4.69) is 17.1 Å². The van der Waals surface area contributed by atoms with Gasteiger partial charge in [0, 0.05) is 32.8 Å². The smallest absolute Gasteiger partial charge is 0.194 e. The van der Waals surface area contributed by atoms with Gasteiger partial charge in [0.25, 0.3) is 0 Å². The molecule has 2 fully saturated rings. The number of morpholine rings is 1. The third kappa shape index (κ3) is 5.42. The Labute approximate surface area is 155 Å². The van der Waals surface area contributed by atoms with Gasteiger partial charge in [-0.25, -0.2) is 4.39 Å². The van der Waals surface area contributed by atoms with Crippen molar-refractivity contribution in [3.63, 3.8) is 0 Å². The summed E-state index contributed by atoms with van der Waals surface area (Å²) in [5.74, 6) is 0.769. The molecule has 1 aromatic carbocycles. The van der Waals surface area contributed by atoms with Crippen molar-refractivity contribution in [3.05, 3.63) is 35.6 Å². The van der Waals surface area contributed by atoms with Crippen LogP contribution in [0.3, 0.4) is 0 Å². The second kappa shape index (κ2) is 9.88. The summed E-state index contributed by atoms with van der Waals surface area (Å²) < 4.78 is 25.0. The Balaban J connectivity index is 1.52. The minimum absolute atomic E-state index is 0.127. The van der Waals surface area contributed by atoms with Crippen LogP contribution in [0.1, 0.15) is 31.7 Å². The van der Waals surface area contributed by atoms with Crippen LogP contribution in [0, 0.1) is 5.82 Å². The van der Waals surface area contributed by atoms with Gasteiger partial charge in [0.2, 0.25) is 0 Å². The van der Waals surface area contributed by atoms with Gasteiger partial charge in [-0.3, -0.25) is 4.99 Å². The summed E-state index contributed by atoms with van der Waals surface area (Å²) in [6, 6.07) is 6.81. The van der Waals surface area contributed by atoms with Crippen LogP contribution in [0.4, 0.5) is 4.39 Å². The maximum atomic E-state index is 13.2. The van der Waals surface area contributed by atoms with Gasteiger partial charge in [-0.05, 0) is 50.3 Å². The summed E-state index contributed by atoms with van der Waals surface area (Å²) in [6.45, 7) is 6.86. The van der Waals surface area contributed by atoms with Crippen molar-refractivity contribution >= 4 is 5.96 Å². The highest BCUT2D eigenvalue weighted by molar-refractivity contribution is 5.80. The minimum atomic E-state index is -0.173. The number of nitrogens with one attached hydrogen (secondary N) is 1. The molecule has 2 heterocycles. The first kappa shape index (κ1) is 19.1. The SMILES string of the molecule is CCNC(=NCCCc1cccc(F)c1)N1CCOC(C2CCCO2)C1. The quantitative estimate of drug-likeness (QED) is 0.479. The Kier molecular flexibility index (Phi) is 7.26. The van der Waals surface area contributed by atoms with Gasteiger partial charge < -0.3 is 19.7 Å². The van der Waals surface area contributed by atoms with E-state index in [1.165, 1.54) is 6.07 Å². The fourth-order valence-electron chi connectivity index (χ4n) is 3.57. The molecule has 0 aromatic heterocycles. The van der Waals surface area contributed by atoms with Crippen LogP contribution < -0.4 is 5.32 Å². The summed E-state index contributed by atoms with van der Waals surface area (Å²) in [6.07, 6.45) is 4.29. The summed E-state index contributed by atoms with van der Waals surface area (Å²) in [7, 11) is 0. The first-order valence-electron chi connectivity index (χ1n) is 9.77. The van der Waals surface area contributed by atoms with E-state index in [9.17, 15) is 4.39 Å². The van der Waals surface area contributed by atoms with Gasteiger partial charge in [0.1, 0.15) is 11.9 Å². The van der Waals surface area contributed by atoms with Crippen molar-refractivity contribution < 1.29 is 13.9 Å². The Morgan fingerprint density at radius 3 is 2.96 bits per heavy atom. The van der Waals surface area contributed by atoms with Gasteiger partial charge >= 0.3 is 0 Å². The molecule has 2 aliphatic heterocycles. The van der Waals surface area contributed by atoms with Crippen molar-refractivity contribution in [2.24, 2.45) is 4.99 Å². The van der Waals surface area contributed by atoms with Crippen LogP contribution >= 0.6 is 0 Å². The lowest BCUT2D eigenvalue weighted by Crippen LogP contribution is -2.53. The average molecular weight is 363 g/mol. The van der Waals surface area contributed by atoms with Crippen LogP contribution in [0.15, 0.2) is 29.3 Å². The first-order valence-corrected chi connectivity index (χ1v) is 9.77. The molecule has 6 heteroatoms. The van der Waals surface area contributed by atoms with Gasteiger partial charge in [-0.15, -0.1) is 0 Å². The predicted octanol–water partition coefficient (Wildman–Crippen LogP) is 2.60. The fourth-order valence-corrected chi connectivity index (χ4v) is 3.57. The topological polar surface area (TPSA) is 46.1 Å². The molecule has 2 saturated heterocycles. The average Bonchev–Trinajstić information content (AvgIpc) is 3.19. The number of hydrogen-bond acceptors (Lipinski definition) is 3. The second-order valence-electron chi connectivity index (χ2n) is 6.88. The molecule has 2 unspecified atom stereocenters. The minimum Gasteiger partial charge on any atom is -0.375 e. The van der Waals surface area contributed by atoms with Crippen molar-refractivity contribution in [3.8, 4) is 0 Å². The number of benzene rings is 1. The molecule has 0 aliphatic carbocycles. The number of nitrogens with zero attached hydrogens (tertiary/aromatic N) is 2. The van der Waals surface area contributed by atoms with E-state index < -0.39 is 0 Å². The maximum absolute atomic E-state index is 13.2. The Morgan fingerprint density at radius 1 is 1.31 bits per heavy atom. The zero-order valence-electron chi connectivity index (χ0n) is 15.6. The molecule has 0 spiro atoms. The lowest BCUT2D eigenvalue weighted by atomic mass is 10.1. The highest BCUT2D eigenvalue weighted by atomic mass is 19.1. The molecule has 0 radical (unpaired) electrons. The maximum Gasteiger partial charge on any atom is 0.194 e. The van der Waals surface area contributed by atoms with Crippen LogP contribution in [-0.4, -0.2) is 62.5 Å². The van der Waals surface area contributed by atoms with Gasteiger partial charge in [-0.2, -0.15) is 0 Å². The molecule has 5 nitrogen and oxygen atoms in total. The highest BCUT2D eigenvalue weighted by Crippen LogP contribution is 2.21. The molecular weight excluding hydrogens is 333 g/mol. The Hall–Kier alpha value is -1.66. The standard InChI is InChI=1S/C20H30FN3O2/c1-2-22-20(23-10-4-7-16-6-3-8-17(21)14-16)24-11-13-26-19(15-24)18-9-5-12-25-18/h3,6,8,14,18-19H,2,4-5,7,9-13,15H2,1H3,(H,22,23). The largest absolute Gasteiger partial charge is 0.375 e. The molecule has 3 rings (SSSR count). The van der Waals surface area contributed by atoms with Gasteiger partial charge in [0.15, 0.2) is 5.96 Å². The highest BCUT2D eigenvalue weighted by Gasteiger charge is 2.32. The number of halogens is 1. The second-order valence-corrected chi connectivity index (χ2v) is 6.88. The Morgan fingerprint density at radius 2 is 2.19 bits per heavy atom. The first-order chi connectivity index (χ1) is 12.8. The monoisotopic (exact) mass is 363 g/mol. The lowest BCUT2D eigenvalue weighted by Gasteiger charge is -2.37. The number of hydrogen-bond donors (Lipinski definition) is 1. The molecule has 0 amide bonds. The number of rotatable bonds is 6. The molecule has 26 heavy (non-hydrogen) atoms. The van der Waals surface area contributed by atoms with E-state index in [4.69, 9.17) is 14.5 Å². The van der Waals surface area contributed by atoms with Crippen LogP contribution in [-0.2, 0) is 15.9 Å². The lowest BCUT2D eigenvalue weighted by molar-refractivity contribution is -0.0817. The summed E-state index contributed by atoms with van der Waals surface area (Å²) in [5.41, 5.74) is 1.02. The number of ether oxygens (including phenoxy) is 2. The van der Waals surface area contributed by atoms with E-state index in [1.807, 2.05) is 6.07 Å². The molecule has 0 saturated carbocycles. The van der Waals surface area contributed by atoms with E-state index in [1.54, 1.807) is 12.1 Å². The van der Waals surface area contributed by atoms with Crippen LogP contribution in [0.25, 0.3) is 0 Å². The number of aliphatic imine (C=N–C) groups is 1. The van der Waals surface area contributed by atoms with Crippen molar-refractivity contribution in [2.45, 2.75) is 44.8 Å². The van der Waals surface area contributed by atoms with Crippen molar-refractivity contribution in [1.82, 2.24) is 10.2 Å². The van der Waals surface area contributed by atoms with Crippen molar-refractivity contribution in [1.29, 1.82) is 0 Å². The molecule has 1 aromatic rings. The van der Waals surface area contributed by atoms with Crippen LogP contribution in [0.2, 0.25) is 0 Å². The van der Waals surface area contributed by atoms with Gasteiger partial charge in [0.05, 0.1) is 12.7 Å². The molecule has 2 atom stereocenters. The number of guanidine groups is 1. The summed E-state index contributed by atoms with van der Waals surface area (Å²) >= 11 is 0. The van der Waals surface area contributed by atoms with E-state index >= 15 is 0 Å². The van der Waals surface area contributed by atoms with Crippen molar-refractivity contribution in [2.75, 3.05) is 39.4 Å². The molecule has 1 N–H and O–H groups in total. The predicted molar refractivity (Wildman–Crippen MR) is 101 cm³/mol. The zero-order chi connectivity index (χ0) is 18.2. The fraction of sp³-hybridized carbons (Fsp3) is 0.650.